The van der Waals surface area contributed by atoms with E-state index in [4.69, 9.17) is 9.15 Å². The van der Waals surface area contributed by atoms with Crippen LogP contribution in [0.3, 0.4) is 0 Å². The van der Waals surface area contributed by atoms with Gasteiger partial charge in [-0.05, 0) is 43.4 Å². The fourth-order valence-electron chi connectivity index (χ4n) is 3.34. The molecule has 1 aliphatic rings. The summed E-state index contributed by atoms with van der Waals surface area (Å²) in [6.07, 6.45) is 8.16. The van der Waals surface area contributed by atoms with Gasteiger partial charge in [0, 0.05) is 26.4 Å². The Morgan fingerprint density at radius 3 is 2.93 bits per heavy atom. The topological polar surface area (TPSA) is 86.3 Å². The van der Waals surface area contributed by atoms with Crippen molar-refractivity contribution in [1.29, 1.82) is 0 Å². The van der Waals surface area contributed by atoms with Gasteiger partial charge in [0.25, 0.3) is 11.9 Å². The molecule has 3 heterocycles. The second-order valence-corrected chi connectivity index (χ2v) is 7.26. The molecule has 8 heteroatoms. The van der Waals surface area contributed by atoms with Crippen LogP contribution in [0.2, 0.25) is 0 Å². The average molecular weight is 395 g/mol. The normalized spacial score (nSPS) is 13.6. The van der Waals surface area contributed by atoms with E-state index in [-0.39, 0.29) is 12.5 Å². The Morgan fingerprint density at radius 2 is 2.24 bits per heavy atom. The molecule has 29 heavy (non-hydrogen) atoms. The molecule has 0 aliphatic heterocycles. The largest absolute Gasteiger partial charge is 0.463 e. The second kappa shape index (κ2) is 8.57. The van der Waals surface area contributed by atoms with E-state index in [1.165, 1.54) is 12.8 Å². The van der Waals surface area contributed by atoms with Crippen molar-refractivity contribution in [3.05, 3.63) is 48.1 Å². The van der Waals surface area contributed by atoms with Gasteiger partial charge in [0.15, 0.2) is 5.76 Å². The van der Waals surface area contributed by atoms with Gasteiger partial charge in [0.1, 0.15) is 5.69 Å². The average Bonchev–Trinajstić information content (AvgIpc) is 3.21. The maximum Gasteiger partial charge on any atom is 0.257 e. The number of amides is 1. The van der Waals surface area contributed by atoms with Crippen LogP contribution in [0.4, 0.5) is 0 Å². The molecule has 3 aromatic heterocycles. The standard InChI is InChI=1S/C21H25N5O3/c1-3-10-25(13-15-6-7-15)20(27)16-12-23-26(18(16)14-28-2)21-22-9-8-17(24-21)19-5-4-11-29-19/h4-5,8-9,11-12,15H,3,6-7,10,13-14H2,1-2H3. The van der Waals surface area contributed by atoms with Crippen molar-refractivity contribution in [3.8, 4) is 17.4 Å². The molecule has 0 radical (unpaired) electrons. The van der Waals surface area contributed by atoms with Crippen molar-refractivity contribution in [2.75, 3.05) is 20.2 Å². The van der Waals surface area contributed by atoms with Crippen LogP contribution in [0.15, 0.2) is 41.3 Å². The number of methoxy groups -OCH3 is 1. The molecule has 152 valence electrons. The van der Waals surface area contributed by atoms with Crippen molar-refractivity contribution < 1.29 is 13.9 Å². The first-order valence-corrected chi connectivity index (χ1v) is 9.93. The highest BCUT2D eigenvalue weighted by atomic mass is 16.5. The first kappa shape index (κ1) is 19.3. The lowest BCUT2D eigenvalue weighted by atomic mass is 10.2. The van der Waals surface area contributed by atoms with Gasteiger partial charge in [-0.3, -0.25) is 4.79 Å². The Morgan fingerprint density at radius 1 is 1.38 bits per heavy atom. The van der Waals surface area contributed by atoms with Crippen LogP contribution in [0.5, 0.6) is 0 Å². The summed E-state index contributed by atoms with van der Waals surface area (Å²) < 4.78 is 12.4. The van der Waals surface area contributed by atoms with Crippen LogP contribution in [0, 0.1) is 5.92 Å². The highest BCUT2D eigenvalue weighted by Gasteiger charge is 2.29. The Hall–Kier alpha value is -3.00. The fraction of sp³-hybridized carbons (Fsp3) is 0.429. The summed E-state index contributed by atoms with van der Waals surface area (Å²) in [7, 11) is 1.60. The molecule has 0 bridgehead atoms. The predicted octanol–water partition coefficient (Wildman–Crippen LogP) is 3.33. The van der Waals surface area contributed by atoms with Gasteiger partial charge < -0.3 is 14.1 Å². The van der Waals surface area contributed by atoms with Crippen LogP contribution in [0.1, 0.15) is 42.2 Å². The van der Waals surface area contributed by atoms with E-state index in [0.717, 1.165) is 19.5 Å². The Labute approximate surface area is 169 Å². The van der Waals surface area contributed by atoms with Crippen LogP contribution < -0.4 is 0 Å². The van der Waals surface area contributed by atoms with Crippen molar-refractivity contribution in [3.63, 3.8) is 0 Å². The zero-order chi connectivity index (χ0) is 20.2. The number of nitrogens with zero attached hydrogens (tertiary/aromatic N) is 5. The SMILES string of the molecule is CCCN(CC1CC1)C(=O)c1cnn(-c2nccc(-c3ccco3)n2)c1COC. The zero-order valence-electron chi connectivity index (χ0n) is 16.7. The minimum atomic E-state index is -0.0146. The molecule has 0 atom stereocenters. The van der Waals surface area contributed by atoms with Crippen molar-refractivity contribution in [2.24, 2.45) is 5.92 Å². The van der Waals surface area contributed by atoms with Crippen molar-refractivity contribution in [2.45, 2.75) is 32.8 Å². The maximum atomic E-state index is 13.3. The van der Waals surface area contributed by atoms with Gasteiger partial charge in [0.05, 0.1) is 30.3 Å². The summed E-state index contributed by atoms with van der Waals surface area (Å²) in [5.41, 5.74) is 1.83. The quantitative estimate of drug-likeness (QED) is 0.552. The number of hydrogen-bond acceptors (Lipinski definition) is 6. The molecule has 0 saturated heterocycles. The van der Waals surface area contributed by atoms with E-state index in [0.29, 0.717) is 34.6 Å². The Balaban J connectivity index is 1.68. The van der Waals surface area contributed by atoms with E-state index < -0.39 is 0 Å². The van der Waals surface area contributed by atoms with Gasteiger partial charge in [-0.15, -0.1) is 0 Å². The predicted molar refractivity (Wildman–Crippen MR) is 106 cm³/mol. The van der Waals surface area contributed by atoms with E-state index in [9.17, 15) is 4.79 Å². The summed E-state index contributed by atoms with van der Waals surface area (Å²) >= 11 is 0. The fourth-order valence-corrected chi connectivity index (χ4v) is 3.34. The summed E-state index contributed by atoms with van der Waals surface area (Å²) in [5, 5.41) is 4.42. The van der Waals surface area contributed by atoms with Crippen LogP contribution >= 0.6 is 0 Å². The van der Waals surface area contributed by atoms with Crippen LogP contribution in [-0.2, 0) is 11.3 Å². The number of carbonyl (C=O) groups is 1. The molecule has 3 aromatic rings. The first-order valence-electron chi connectivity index (χ1n) is 9.93. The molecular weight excluding hydrogens is 370 g/mol. The molecular formula is C21H25N5O3. The molecule has 0 aromatic carbocycles. The number of aromatic nitrogens is 4. The molecule has 8 nitrogen and oxygen atoms in total. The van der Waals surface area contributed by atoms with Gasteiger partial charge in [0.2, 0.25) is 0 Å². The van der Waals surface area contributed by atoms with Crippen molar-refractivity contribution in [1.82, 2.24) is 24.6 Å². The molecule has 0 spiro atoms. The molecule has 1 aliphatic carbocycles. The highest BCUT2D eigenvalue weighted by molar-refractivity contribution is 5.95. The lowest BCUT2D eigenvalue weighted by Gasteiger charge is -2.22. The second-order valence-electron chi connectivity index (χ2n) is 7.26. The molecule has 0 unspecified atom stereocenters. The molecule has 1 fully saturated rings. The molecule has 1 amide bonds. The molecule has 0 N–H and O–H groups in total. The van der Waals surface area contributed by atoms with Crippen LogP contribution in [0.25, 0.3) is 17.4 Å². The number of furan rings is 1. The zero-order valence-corrected chi connectivity index (χ0v) is 16.7. The number of hydrogen-bond donors (Lipinski definition) is 0. The lowest BCUT2D eigenvalue weighted by Crippen LogP contribution is -2.34. The minimum absolute atomic E-state index is 0.0146. The third-order valence-corrected chi connectivity index (χ3v) is 4.94. The van der Waals surface area contributed by atoms with Gasteiger partial charge in [-0.2, -0.15) is 9.78 Å². The summed E-state index contributed by atoms with van der Waals surface area (Å²) in [6.45, 7) is 3.85. The maximum absolute atomic E-state index is 13.3. The summed E-state index contributed by atoms with van der Waals surface area (Å²) in [5.74, 6) is 1.62. The summed E-state index contributed by atoms with van der Waals surface area (Å²) in [6, 6.07) is 5.41. The van der Waals surface area contributed by atoms with Gasteiger partial charge in [-0.1, -0.05) is 6.92 Å². The highest BCUT2D eigenvalue weighted by Crippen LogP contribution is 2.30. The van der Waals surface area contributed by atoms with E-state index in [2.05, 4.69) is 22.0 Å². The van der Waals surface area contributed by atoms with E-state index in [1.54, 1.807) is 42.6 Å². The number of ether oxygens (including phenoxy) is 1. The van der Waals surface area contributed by atoms with E-state index >= 15 is 0 Å². The lowest BCUT2D eigenvalue weighted by molar-refractivity contribution is 0.0742. The first-order chi connectivity index (χ1) is 14.2. The van der Waals surface area contributed by atoms with Crippen molar-refractivity contribution >= 4 is 5.91 Å². The number of carbonyl (C=O) groups excluding carboxylic acids is 1. The van der Waals surface area contributed by atoms with Gasteiger partial charge >= 0.3 is 0 Å². The number of rotatable bonds is 9. The Bertz CT molecular complexity index is 963. The van der Waals surface area contributed by atoms with E-state index in [1.807, 2.05) is 11.0 Å². The molecule has 4 rings (SSSR count). The smallest absolute Gasteiger partial charge is 0.257 e. The summed E-state index contributed by atoms with van der Waals surface area (Å²) in [4.78, 5) is 24.1. The van der Waals surface area contributed by atoms with Gasteiger partial charge in [-0.25, -0.2) is 9.97 Å². The molecule has 1 saturated carbocycles. The monoisotopic (exact) mass is 395 g/mol. The third kappa shape index (κ3) is 4.22. The Kier molecular flexibility index (Phi) is 5.71. The third-order valence-electron chi connectivity index (χ3n) is 4.94. The minimum Gasteiger partial charge on any atom is -0.463 e. The van der Waals surface area contributed by atoms with Crippen LogP contribution in [-0.4, -0.2) is 50.8 Å².